The van der Waals surface area contributed by atoms with Gasteiger partial charge in [0.1, 0.15) is 0 Å². The van der Waals surface area contributed by atoms with E-state index in [1.165, 1.54) is 12.7 Å². The average Bonchev–Trinajstić information content (AvgIpc) is 2.48. The average molecular weight is 255 g/mol. The molecular formula is C16H17NO2. The van der Waals surface area contributed by atoms with Gasteiger partial charge in [0.15, 0.2) is 0 Å². The number of esters is 1. The zero-order valence-electron chi connectivity index (χ0n) is 10.9. The first-order valence-corrected chi connectivity index (χ1v) is 6.22. The molecule has 3 nitrogen and oxygen atoms in total. The highest BCUT2D eigenvalue weighted by molar-refractivity contribution is 5.90. The molecule has 0 saturated heterocycles. The van der Waals surface area contributed by atoms with Crippen LogP contribution < -0.4 is 5.32 Å². The van der Waals surface area contributed by atoms with Crippen LogP contribution in [0.2, 0.25) is 0 Å². The summed E-state index contributed by atoms with van der Waals surface area (Å²) < 4.78 is 4.77. The highest BCUT2D eigenvalue weighted by Crippen LogP contribution is 2.10. The lowest BCUT2D eigenvalue weighted by Gasteiger charge is -2.09. The summed E-state index contributed by atoms with van der Waals surface area (Å²) in [7, 11) is 1.40. The molecule has 2 rings (SSSR count). The van der Waals surface area contributed by atoms with E-state index < -0.39 is 0 Å². The SMILES string of the molecule is COC(=O)c1ccccc1CNCc1ccccc1. The summed E-state index contributed by atoms with van der Waals surface area (Å²) in [6.07, 6.45) is 0. The number of benzene rings is 2. The van der Waals surface area contributed by atoms with Crippen molar-refractivity contribution in [1.29, 1.82) is 0 Å². The summed E-state index contributed by atoms with van der Waals surface area (Å²) in [5.74, 6) is -0.294. The van der Waals surface area contributed by atoms with Crippen molar-refractivity contribution >= 4 is 5.97 Å². The molecule has 0 aliphatic rings. The molecule has 0 aliphatic heterocycles. The molecule has 0 aromatic heterocycles. The number of nitrogens with one attached hydrogen (secondary N) is 1. The van der Waals surface area contributed by atoms with Crippen LogP contribution in [-0.4, -0.2) is 13.1 Å². The second-order valence-electron chi connectivity index (χ2n) is 4.24. The minimum atomic E-state index is -0.294. The molecule has 0 spiro atoms. The number of carbonyl (C=O) groups excluding carboxylic acids is 1. The summed E-state index contributed by atoms with van der Waals surface area (Å²) in [6, 6.07) is 17.6. The fraction of sp³-hybridized carbons (Fsp3) is 0.188. The van der Waals surface area contributed by atoms with E-state index in [0.29, 0.717) is 12.1 Å². The first kappa shape index (κ1) is 13.3. The fourth-order valence-electron chi connectivity index (χ4n) is 1.92. The van der Waals surface area contributed by atoms with Crippen molar-refractivity contribution in [1.82, 2.24) is 5.32 Å². The van der Waals surface area contributed by atoms with Crippen molar-refractivity contribution in [3.63, 3.8) is 0 Å². The molecule has 0 saturated carbocycles. The summed E-state index contributed by atoms with van der Waals surface area (Å²) in [6.45, 7) is 1.41. The van der Waals surface area contributed by atoms with E-state index >= 15 is 0 Å². The topological polar surface area (TPSA) is 38.3 Å². The van der Waals surface area contributed by atoms with Crippen molar-refractivity contribution < 1.29 is 9.53 Å². The smallest absolute Gasteiger partial charge is 0.338 e. The monoisotopic (exact) mass is 255 g/mol. The molecule has 0 unspecified atom stereocenters. The maximum absolute atomic E-state index is 11.6. The number of ether oxygens (including phenoxy) is 1. The first-order chi connectivity index (χ1) is 9.31. The molecule has 0 radical (unpaired) electrons. The number of hydrogen-bond donors (Lipinski definition) is 1. The third-order valence-corrected chi connectivity index (χ3v) is 2.91. The van der Waals surface area contributed by atoms with Crippen molar-refractivity contribution in [2.24, 2.45) is 0 Å². The van der Waals surface area contributed by atoms with E-state index in [1.807, 2.05) is 36.4 Å². The molecule has 0 atom stereocenters. The number of rotatable bonds is 5. The molecule has 3 heteroatoms. The standard InChI is InChI=1S/C16H17NO2/c1-19-16(18)15-10-6-5-9-14(15)12-17-11-13-7-3-2-4-8-13/h2-10,17H,11-12H2,1H3. The lowest BCUT2D eigenvalue weighted by atomic mass is 10.1. The molecule has 2 aromatic rings. The van der Waals surface area contributed by atoms with Gasteiger partial charge >= 0.3 is 5.97 Å². The third-order valence-electron chi connectivity index (χ3n) is 2.91. The molecule has 0 aliphatic carbocycles. The van der Waals surface area contributed by atoms with Crippen molar-refractivity contribution in [3.05, 3.63) is 71.3 Å². The molecule has 0 amide bonds. The Morgan fingerprint density at radius 1 is 1.00 bits per heavy atom. The van der Waals surface area contributed by atoms with E-state index in [1.54, 1.807) is 6.07 Å². The van der Waals surface area contributed by atoms with Gasteiger partial charge in [-0.2, -0.15) is 0 Å². The lowest BCUT2D eigenvalue weighted by molar-refractivity contribution is 0.0599. The Kier molecular flexibility index (Phi) is 4.70. The number of hydrogen-bond acceptors (Lipinski definition) is 3. The van der Waals surface area contributed by atoms with Crippen LogP contribution in [0.5, 0.6) is 0 Å². The van der Waals surface area contributed by atoms with Gasteiger partial charge < -0.3 is 10.1 Å². The van der Waals surface area contributed by atoms with Gasteiger partial charge in [0.05, 0.1) is 12.7 Å². The van der Waals surface area contributed by atoms with Crippen LogP contribution in [0.25, 0.3) is 0 Å². The molecular weight excluding hydrogens is 238 g/mol. The van der Waals surface area contributed by atoms with Gasteiger partial charge in [-0.1, -0.05) is 48.5 Å². The summed E-state index contributed by atoms with van der Waals surface area (Å²) in [5, 5.41) is 3.33. The van der Waals surface area contributed by atoms with Gasteiger partial charge in [-0.25, -0.2) is 4.79 Å². The predicted octanol–water partition coefficient (Wildman–Crippen LogP) is 2.76. The molecule has 1 N–H and O–H groups in total. The molecule has 2 aromatic carbocycles. The van der Waals surface area contributed by atoms with Gasteiger partial charge in [0.25, 0.3) is 0 Å². The quantitative estimate of drug-likeness (QED) is 0.835. The van der Waals surface area contributed by atoms with Crippen LogP contribution >= 0.6 is 0 Å². The van der Waals surface area contributed by atoms with Crippen LogP contribution in [0.3, 0.4) is 0 Å². The van der Waals surface area contributed by atoms with Gasteiger partial charge in [-0.15, -0.1) is 0 Å². The van der Waals surface area contributed by atoms with Crippen molar-refractivity contribution in [3.8, 4) is 0 Å². The molecule has 0 bridgehead atoms. The van der Waals surface area contributed by atoms with E-state index in [9.17, 15) is 4.79 Å². The van der Waals surface area contributed by atoms with Crippen LogP contribution in [0, 0.1) is 0 Å². The largest absolute Gasteiger partial charge is 0.465 e. The lowest BCUT2D eigenvalue weighted by Crippen LogP contribution is -2.15. The summed E-state index contributed by atoms with van der Waals surface area (Å²) in [5.41, 5.74) is 2.79. The maximum Gasteiger partial charge on any atom is 0.338 e. The molecule has 19 heavy (non-hydrogen) atoms. The Balaban J connectivity index is 1.98. The van der Waals surface area contributed by atoms with Crippen LogP contribution in [0.15, 0.2) is 54.6 Å². The number of carbonyl (C=O) groups is 1. The minimum Gasteiger partial charge on any atom is -0.465 e. The first-order valence-electron chi connectivity index (χ1n) is 6.22. The third kappa shape index (κ3) is 3.66. The van der Waals surface area contributed by atoms with E-state index in [0.717, 1.165) is 12.1 Å². The van der Waals surface area contributed by atoms with Crippen molar-refractivity contribution in [2.45, 2.75) is 13.1 Å². The summed E-state index contributed by atoms with van der Waals surface area (Å²) >= 11 is 0. The van der Waals surface area contributed by atoms with E-state index in [-0.39, 0.29) is 5.97 Å². The van der Waals surface area contributed by atoms with Gasteiger partial charge in [0, 0.05) is 13.1 Å². The zero-order chi connectivity index (χ0) is 13.5. The Labute approximate surface area is 113 Å². The zero-order valence-corrected chi connectivity index (χ0v) is 10.9. The van der Waals surface area contributed by atoms with E-state index in [2.05, 4.69) is 17.4 Å². The molecule has 98 valence electrons. The molecule has 0 heterocycles. The van der Waals surface area contributed by atoms with Crippen LogP contribution in [0.4, 0.5) is 0 Å². The Morgan fingerprint density at radius 2 is 1.68 bits per heavy atom. The second-order valence-corrected chi connectivity index (χ2v) is 4.24. The van der Waals surface area contributed by atoms with Gasteiger partial charge in [-0.05, 0) is 17.2 Å². The Morgan fingerprint density at radius 3 is 2.42 bits per heavy atom. The fourth-order valence-corrected chi connectivity index (χ4v) is 1.92. The minimum absolute atomic E-state index is 0.294. The predicted molar refractivity (Wildman–Crippen MR) is 74.8 cm³/mol. The molecule has 0 fully saturated rings. The van der Waals surface area contributed by atoms with Gasteiger partial charge in [0.2, 0.25) is 0 Å². The second kappa shape index (κ2) is 6.71. The van der Waals surface area contributed by atoms with E-state index in [4.69, 9.17) is 4.74 Å². The normalized spacial score (nSPS) is 10.2. The van der Waals surface area contributed by atoms with Crippen molar-refractivity contribution in [2.75, 3.05) is 7.11 Å². The van der Waals surface area contributed by atoms with Crippen LogP contribution in [-0.2, 0) is 17.8 Å². The highest BCUT2D eigenvalue weighted by atomic mass is 16.5. The van der Waals surface area contributed by atoms with Gasteiger partial charge in [-0.3, -0.25) is 0 Å². The van der Waals surface area contributed by atoms with Crippen LogP contribution in [0.1, 0.15) is 21.5 Å². The number of methoxy groups -OCH3 is 1. The Hall–Kier alpha value is -2.13. The maximum atomic E-state index is 11.6. The summed E-state index contributed by atoms with van der Waals surface area (Å²) in [4.78, 5) is 11.6. The Bertz CT molecular complexity index is 537. The highest BCUT2D eigenvalue weighted by Gasteiger charge is 2.09.